The van der Waals surface area contributed by atoms with E-state index < -0.39 is 9.84 Å². The average Bonchev–Trinajstić information content (AvgIpc) is 2.53. The maximum Gasteiger partial charge on any atom is 0.222 e. The maximum atomic E-state index is 12.6. The van der Waals surface area contributed by atoms with Crippen molar-refractivity contribution in [2.24, 2.45) is 0 Å². The summed E-state index contributed by atoms with van der Waals surface area (Å²) in [7, 11) is -3.10. The third-order valence-corrected chi connectivity index (χ3v) is 8.52. The molecular weight excluding hydrogens is 381 g/mol. The van der Waals surface area contributed by atoms with Crippen molar-refractivity contribution >= 4 is 38.9 Å². The van der Waals surface area contributed by atoms with E-state index in [1.54, 1.807) is 17.0 Å². The Kier molecular flexibility index (Phi) is 5.96. The van der Waals surface area contributed by atoms with Crippen LogP contribution in [0.3, 0.4) is 0 Å². The second kappa shape index (κ2) is 7.85. The van der Waals surface area contributed by atoms with Crippen molar-refractivity contribution in [3.8, 4) is 0 Å². The van der Waals surface area contributed by atoms with Gasteiger partial charge in [0, 0.05) is 29.6 Å². The summed E-state index contributed by atoms with van der Waals surface area (Å²) in [5.74, 6) is -0.0129. The van der Waals surface area contributed by atoms with Crippen molar-refractivity contribution in [3.63, 3.8) is 0 Å². The minimum atomic E-state index is -3.10. The summed E-state index contributed by atoms with van der Waals surface area (Å²) in [6.45, 7) is 0.679. The molecule has 3 rings (SSSR count). The van der Waals surface area contributed by atoms with Crippen LogP contribution in [0.1, 0.15) is 44.1 Å². The lowest BCUT2D eigenvalue weighted by Gasteiger charge is -2.41. The summed E-state index contributed by atoms with van der Waals surface area (Å²) in [4.78, 5) is 13.9. The first-order valence-corrected chi connectivity index (χ1v) is 11.2. The first-order chi connectivity index (χ1) is 11.9. The Morgan fingerprint density at radius 2 is 1.76 bits per heavy atom. The number of rotatable bonds is 5. The molecule has 0 spiro atoms. The first-order valence-electron chi connectivity index (χ1n) is 8.82. The molecule has 1 saturated heterocycles. The summed E-state index contributed by atoms with van der Waals surface area (Å²) in [6.07, 6.45) is 5.56. The number of nitrogens with zero attached hydrogens (tertiary/aromatic N) is 1. The van der Waals surface area contributed by atoms with E-state index in [2.05, 4.69) is 0 Å². The van der Waals surface area contributed by atoms with Crippen LogP contribution in [0.25, 0.3) is 0 Å². The minimum absolute atomic E-state index is 0.0129. The topological polar surface area (TPSA) is 54.5 Å². The largest absolute Gasteiger partial charge is 0.340 e. The van der Waals surface area contributed by atoms with E-state index >= 15 is 0 Å². The molecule has 0 unspecified atom stereocenters. The van der Waals surface area contributed by atoms with Crippen molar-refractivity contribution in [1.82, 2.24) is 4.90 Å². The number of likely N-dealkylation sites (tertiary alicyclic amines) is 1. The average molecular weight is 404 g/mol. The van der Waals surface area contributed by atoms with E-state index in [1.807, 2.05) is 6.07 Å². The lowest BCUT2D eigenvalue weighted by Crippen LogP contribution is -2.58. The highest BCUT2D eigenvalue weighted by molar-refractivity contribution is 7.92. The number of hydrogen-bond acceptors (Lipinski definition) is 3. The van der Waals surface area contributed by atoms with Gasteiger partial charge in [0.05, 0.1) is 10.5 Å². The first kappa shape index (κ1) is 19.0. The normalized spacial score (nSPS) is 19.7. The maximum absolute atomic E-state index is 12.6. The van der Waals surface area contributed by atoms with E-state index in [0.717, 1.165) is 37.7 Å². The summed E-state index contributed by atoms with van der Waals surface area (Å²) in [6, 6.07) is 5.24. The van der Waals surface area contributed by atoms with Crippen LogP contribution < -0.4 is 0 Å². The van der Waals surface area contributed by atoms with Gasteiger partial charge in [-0.2, -0.15) is 0 Å². The van der Waals surface area contributed by atoms with E-state index in [4.69, 9.17) is 23.2 Å². The van der Waals surface area contributed by atoms with Gasteiger partial charge in [-0.05, 0) is 37.0 Å². The number of benzene rings is 1. The Hall–Kier alpha value is -0.780. The third kappa shape index (κ3) is 4.32. The van der Waals surface area contributed by atoms with Crippen LogP contribution in [0, 0.1) is 0 Å². The van der Waals surface area contributed by atoms with Crippen molar-refractivity contribution in [2.75, 3.05) is 13.1 Å². The molecule has 0 atom stereocenters. The molecular formula is C18H23Cl2NO3S. The molecule has 1 amide bonds. The van der Waals surface area contributed by atoms with Gasteiger partial charge in [0.15, 0.2) is 9.84 Å². The van der Waals surface area contributed by atoms with E-state index in [0.29, 0.717) is 36.0 Å². The van der Waals surface area contributed by atoms with Crippen LogP contribution in [0.2, 0.25) is 10.0 Å². The van der Waals surface area contributed by atoms with Crippen LogP contribution in [0.15, 0.2) is 18.2 Å². The van der Waals surface area contributed by atoms with Gasteiger partial charge in [-0.15, -0.1) is 0 Å². The van der Waals surface area contributed by atoms with Gasteiger partial charge in [-0.3, -0.25) is 4.79 Å². The fourth-order valence-corrected chi connectivity index (χ4v) is 6.45. The van der Waals surface area contributed by atoms with Crippen LogP contribution in [0.4, 0.5) is 0 Å². The van der Waals surface area contributed by atoms with Gasteiger partial charge in [0.25, 0.3) is 0 Å². The molecule has 4 nitrogen and oxygen atoms in total. The number of aryl methyl sites for hydroxylation is 1. The Labute approximate surface area is 159 Å². The van der Waals surface area contributed by atoms with Gasteiger partial charge in [0.2, 0.25) is 5.91 Å². The predicted molar refractivity (Wildman–Crippen MR) is 101 cm³/mol. The zero-order valence-electron chi connectivity index (χ0n) is 14.1. The molecule has 1 aromatic rings. The number of carbonyl (C=O) groups is 1. The number of amides is 1. The van der Waals surface area contributed by atoms with E-state index in [1.165, 1.54) is 0 Å². The molecule has 2 fully saturated rings. The monoisotopic (exact) mass is 403 g/mol. The smallest absolute Gasteiger partial charge is 0.222 e. The highest BCUT2D eigenvalue weighted by Gasteiger charge is 2.43. The third-order valence-electron chi connectivity index (χ3n) is 5.31. The number of sulfone groups is 1. The lowest BCUT2D eigenvalue weighted by atomic mass is 10.0. The van der Waals surface area contributed by atoms with Crippen molar-refractivity contribution in [2.45, 2.75) is 55.4 Å². The highest BCUT2D eigenvalue weighted by atomic mass is 35.5. The number of hydrogen-bond donors (Lipinski definition) is 0. The van der Waals surface area contributed by atoms with Crippen LogP contribution in [0.5, 0.6) is 0 Å². The van der Waals surface area contributed by atoms with E-state index in [-0.39, 0.29) is 16.4 Å². The minimum Gasteiger partial charge on any atom is -0.340 e. The van der Waals surface area contributed by atoms with Gasteiger partial charge in [-0.1, -0.05) is 48.5 Å². The van der Waals surface area contributed by atoms with Crippen LogP contribution in [-0.4, -0.2) is 42.8 Å². The van der Waals surface area contributed by atoms with Crippen molar-refractivity contribution < 1.29 is 13.2 Å². The van der Waals surface area contributed by atoms with Crippen LogP contribution >= 0.6 is 23.2 Å². The zero-order chi connectivity index (χ0) is 18.0. The molecule has 0 radical (unpaired) electrons. The standard InChI is InChI=1S/C18H23Cl2NO3S/c19-14-8-6-13(17(20)10-14)7-9-18(22)21-11-16(12-21)25(23,24)15-4-2-1-3-5-15/h6,8,10,15-16H,1-5,7,9,11-12H2. The molecule has 0 bridgehead atoms. The van der Waals surface area contributed by atoms with Crippen molar-refractivity contribution in [3.05, 3.63) is 33.8 Å². The summed E-state index contributed by atoms with van der Waals surface area (Å²) in [5.41, 5.74) is 0.881. The fraction of sp³-hybridized carbons (Fsp3) is 0.611. The molecule has 1 aliphatic heterocycles. The lowest BCUT2D eigenvalue weighted by molar-refractivity contribution is -0.134. The van der Waals surface area contributed by atoms with Gasteiger partial charge in [-0.25, -0.2) is 8.42 Å². The molecule has 1 aliphatic carbocycles. The zero-order valence-corrected chi connectivity index (χ0v) is 16.4. The SMILES string of the molecule is O=C(CCc1ccc(Cl)cc1Cl)N1CC(S(=O)(=O)C2CCCCC2)C1. The molecule has 0 aromatic heterocycles. The predicted octanol–water partition coefficient (Wildman–Crippen LogP) is 3.88. The van der Waals surface area contributed by atoms with Gasteiger partial charge >= 0.3 is 0 Å². The molecule has 7 heteroatoms. The van der Waals surface area contributed by atoms with Crippen molar-refractivity contribution in [1.29, 1.82) is 0 Å². The molecule has 1 heterocycles. The molecule has 25 heavy (non-hydrogen) atoms. The Bertz CT molecular complexity index is 739. The quantitative estimate of drug-likeness (QED) is 0.749. The fourth-order valence-electron chi connectivity index (χ4n) is 3.64. The Balaban J connectivity index is 1.49. The summed E-state index contributed by atoms with van der Waals surface area (Å²) >= 11 is 12.0. The molecule has 0 N–H and O–H groups in total. The second-order valence-corrected chi connectivity index (χ2v) is 10.4. The molecule has 138 valence electrons. The summed E-state index contributed by atoms with van der Waals surface area (Å²) in [5, 5.41) is 0.551. The van der Waals surface area contributed by atoms with Crippen LogP contribution in [-0.2, 0) is 21.1 Å². The second-order valence-electron chi connectivity index (χ2n) is 7.01. The van der Waals surface area contributed by atoms with E-state index in [9.17, 15) is 13.2 Å². The molecule has 1 aromatic carbocycles. The van der Waals surface area contributed by atoms with Gasteiger partial charge in [0.1, 0.15) is 0 Å². The number of halogens is 2. The molecule has 1 saturated carbocycles. The molecule has 2 aliphatic rings. The Morgan fingerprint density at radius 3 is 2.40 bits per heavy atom. The highest BCUT2D eigenvalue weighted by Crippen LogP contribution is 2.30. The summed E-state index contributed by atoms with van der Waals surface area (Å²) < 4.78 is 25.2. The number of carbonyl (C=O) groups excluding carboxylic acids is 1. The van der Waals surface area contributed by atoms with Gasteiger partial charge < -0.3 is 4.90 Å². The Morgan fingerprint density at radius 1 is 1.08 bits per heavy atom.